The first-order chi connectivity index (χ1) is 15.3. The first-order valence-electron chi connectivity index (χ1n) is 11.3. The van der Waals surface area contributed by atoms with Gasteiger partial charge in [0, 0.05) is 17.6 Å². The Hall–Kier alpha value is -3.11. The maximum absolute atomic E-state index is 6.10. The van der Waals surface area contributed by atoms with Crippen molar-refractivity contribution in [1.29, 1.82) is 0 Å². The number of benzene rings is 3. The van der Waals surface area contributed by atoms with Crippen LogP contribution in [0, 0.1) is 0 Å². The number of aromatic nitrogens is 2. The van der Waals surface area contributed by atoms with Crippen molar-refractivity contribution in [3.8, 4) is 17.1 Å². The lowest BCUT2D eigenvalue weighted by Crippen LogP contribution is -2.40. The van der Waals surface area contributed by atoms with Crippen molar-refractivity contribution in [2.24, 2.45) is 0 Å². The number of rotatable bonds is 6. The predicted octanol–water partition coefficient (Wildman–Crippen LogP) is 5.99. The summed E-state index contributed by atoms with van der Waals surface area (Å²) < 4.78 is 8.51. The lowest BCUT2D eigenvalue weighted by molar-refractivity contribution is 0.306. The van der Waals surface area contributed by atoms with Gasteiger partial charge in [-0.25, -0.2) is 4.98 Å². The molecule has 2 unspecified atom stereocenters. The zero-order chi connectivity index (χ0) is 21.0. The minimum absolute atomic E-state index is 0.316. The number of ether oxygens (including phenoxy) is 1. The lowest BCUT2D eigenvalue weighted by Gasteiger charge is -2.31. The molecule has 0 saturated carbocycles. The highest BCUT2D eigenvalue weighted by Crippen LogP contribution is 2.33. The van der Waals surface area contributed by atoms with Crippen LogP contribution < -0.4 is 10.1 Å². The molecular weight excluding hydrogens is 382 g/mol. The van der Waals surface area contributed by atoms with Gasteiger partial charge in [0.1, 0.15) is 18.2 Å². The summed E-state index contributed by atoms with van der Waals surface area (Å²) in [6.07, 6.45) is 3.75. The van der Waals surface area contributed by atoms with Gasteiger partial charge < -0.3 is 14.6 Å². The largest absolute Gasteiger partial charge is 0.489 e. The van der Waals surface area contributed by atoms with E-state index in [4.69, 9.17) is 9.72 Å². The van der Waals surface area contributed by atoms with Crippen LogP contribution >= 0.6 is 0 Å². The van der Waals surface area contributed by atoms with Crippen LogP contribution in [0.5, 0.6) is 5.75 Å². The van der Waals surface area contributed by atoms with Gasteiger partial charge in [-0.15, -0.1) is 0 Å². The molecule has 1 saturated heterocycles. The van der Waals surface area contributed by atoms with Crippen molar-refractivity contribution >= 4 is 11.0 Å². The van der Waals surface area contributed by atoms with E-state index in [-0.39, 0.29) is 0 Å². The maximum Gasteiger partial charge on any atom is 0.141 e. The molecule has 0 bridgehead atoms. The summed E-state index contributed by atoms with van der Waals surface area (Å²) in [5.41, 5.74) is 4.48. The van der Waals surface area contributed by atoms with Crippen molar-refractivity contribution < 1.29 is 4.74 Å². The molecule has 1 aromatic heterocycles. The van der Waals surface area contributed by atoms with Gasteiger partial charge in [0.15, 0.2) is 0 Å². The second-order valence-corrected chi connectivity index (χ2v) is 8.39. The molecule has 1 fully saturated rings. The standard InChI is InChI=1S/C27H29N3O/c1-20(24-14-7-8-17-28-24)30-26-16-6-5-15-25(26)29-27(30)22-12-9-13-23(18-22)31-19-21-10-3-2-4-11-21/h2-6,9-13,15-16,18,20,24,28H,7-8,14,17,19H2,1H3. The monoisotopic (exact) mass is 411 g/mol. The van der Waals surface area contributed by atoms with Gasteiger partial charge in [-0.3, -0.25) is 0 Å². The van der Waals surface area contributed by atoms with Gasteiger partial charge >= 0.3 is 0 Å². The molecular formula is C27H29N3O. The number of piperidine rings is 1. The van der Waals surface area contributed by atoms with Crippen LogP contribution in [0.25, 0.3) is 22.4 Å². The van der Waals surface area contributed by atoms with E-state index < -0.39 is 0 Å². The first kappa shape index (κ1) is 19.8. The van der Waals surface area contributed by atoms with Gasteiger partial charge in [0.25, 0.3) is 0 Å². The summed E-state index contributed by atoms with van der Waals surface area (Å²) in [7, 11) is 0. The molecule has 4 heteroatoms. The van der Waals surface area contributed by atoms with Gasteiger partial charge in [-0.05, 0) is 56.1 Å². The van der Waals surface area contributed by atoms with E-state index in [1.54, 1.807) is 0 Å². The van der Waals surface area contributed by atoms with Crippen LogP contribution in [-0.4, -0.2) is 22.1 Å². The SMILES string of the molecule is CC(C1CCCCN1)n1c(-c2cccc(OCc3ccccc3)c2)nc2ccccc21. The van der Waals surface area contributed by atoms with Crippen molar-refractivity contribution in [3.05, 3.63) is 84.4 Å². The fourth-order valence-corrected chi connectivity index (χ4v) is 4.60. The van der Waals surface area contributed by atoms with Crippen LogP contribution in [-0.2, 0) is 6.61 Å². The Morgan fingerprint density at radius 3 is 2.68 bits per heavy atom. The molecule has 4 nitrogen and oxygen atoms in total. The normalized spacial score (nSPS) is 17.5. The van der Waals surface area contributed by atoms with Gasteiger partial charge in [-0.2, -0.15) is 0 Å². The summed E-state index contributed by atoms with van der Waals surface area (Å²) in [4.78, 5) is 5.04. The molecule has 5 rings (SSSR count). The Bertz CT molecular complexity index is 1150. The van der Waals surface area contributed by atoms with Crippen molar-refractivity contribution in [3.63, 3.8) is 0 Å². The van der Waals surface area contributed by atoms with E-state index in [2.05, 4.69) is 71.4 Å². The van der Waals surface area contributed by atoms with Gasteiger partial charge in [-0.1, -0.05) is 61.0 Å². The van der Waals surface area contributed by atoms with E-state index >= 15 is 0 Å². The number of nitrogens with zero attached hydrogens (tertiary/aromatic N) is 2. The molecule has 1 aliphatic heterocycles. The third kappa shape index (κ3) is 4.21. The summed E-state index contributed by atoms with van der Waals surface area (Å²) in [5, 5.41) is 3.73. The van der Waals surface area contributed by atoms with Crippen LogP contribution in [0.4, 0.5) is 0 Å². The van der Waals surface area contributed by atoms with E-state index in [9.17, 15) is 0 Å². The second kappa shape index (κ2) is 8.94. The highest BCUT2D eigenvalue weighted by molar-refractivity contribution is 5.81. The van der Waals surface area contributed by atoms with Gasteiger partial charge in [0.2, 0.25) is 0 Å². The van der Waals surface area contributed by atoms with Crippen LogP contribution in [0.3, 0.4) is 0 Å². The molecule has 0 spiro atoms. The molecule has 0 aliphatic carbocycles. The second-order valence-electron chi connectivity index (χ2n) is 8.39. The number of fused-ring (bicyclic) bond motifs is 1. The third-order valence-electron chi connectivity index (χ3n) is 6.27. The lowest BCUT2D eigenvalue weighted by atomic mass is 9.98. The first-order valence-corrected chi connectivity index (χ1v) is 11.3. The summed E-state index contributed by atoms with van der Waals surface area (Å²) in [5.74, 6) is 1.87. The highest BCUT2D eigenvalue weighted by atomic mass is 16.5. The molecule has 2 heterocycles. The Kier molecular flexibility index (Phi) is 5.72. The van der Waals surface area contributed by atoms with E-state index in [1.807, 2.05) is 24.3 Å². The minimum Gasteiger partial charge on any atom is -0.489 e. The Labute approximate surface area is 183 Å². The van der Waals surface area contributed by atoms with Crippen molar-refractivity contribution in [2.75, 3.05) is 6.54 Å². The number of hydrogen-bond acceptors (Lipinski definition) is 3. The van der Waals surface area contributed by atoms with Crippen LogP contribution in [0.2, 0.25) is 0 Å². The Balaban J connectivity index is 1.49. The minimum atomic E-state index is 0.316. The molecule has 0 radical (unpaired) electrons. The average molecular weight is 412 g/mol. The zero-order valence-electron chi connectivity index (χ0n) is 18.0. The van der Waals surface area contributed by atoms with E-state index in [1.165, 1.54) is 24.8 Å². The molecule has 1 aliphatic rings. The molecule has 1 N–H and O–H groups in total. The summed E-state index contributed by atoms with van der Waals surface area (Å²) >= 11 is 0. The van der Waals surface area contributed by atoms with E-state index in [0.717, 1.165) is 34.8 Å². The molecule has 31 heavy (non-hydrogen) atoms. The maximum atomic E-state index is 6.10. The molecule has 158 valence electrons. The molecule has 4 aromatic rings. The third-order valence-corrected chi connectivity index (χ3v) is 6.27. The van der Waals surface area contributed by atoms with Crippen LogP contribution in [0.15, 0.2) is 78.9 Å². The number of hydrogen-bond donors (Lipinski definition) is 1. The number of imidazole rings is 1. The smallest absolute Gasteiger partial charge is 0.141 e. The van der Waals surface area contributed by atoms with E-state index in [0.29, 0.717) is 18.7 Å². The molecule has 2 atom stereocenters. The van der Waals surface area contributed by atoms with Crippen molar-refractivity contribution in [1.82, 2.24) is 14.9 Å². The topological polar surface area (TPSA) is 39.1 Å². The Morgan fingerprint density at radius 2 is 1.84 bits per heavy atom. The number of para-hydroxylation sites is 2. The fourth-order valence-electron chi connectivity index (χ4n) is 4.60. The van der Waals surface area contributed by atoms with Crippen LogP contribution in [0.1, 0.15) is 37.8 Å². The Morgan fingerprint density at radius 1 is 1.00 bits per heavy atom. The van der Waals surface area contributed by atoms with Crippen molar-refractivity contribution in [2.45, 2.75) is 44.9 Å². The molecule has 0 amide bonds. The van der Waals surface area contributed by atoms with Gasteiger partial charge in [0.05, 0.1) is 11.0 Å². The quantitative estimate of drug-likeness (QED) is 0.424. The number of nitrogens with one attached hydrogen (secondary N) is 1. The predicted molar refractivity (Wildman–Crippen MR) is 126 cm³/mol. The summed E-state index contributed by atoms with van der Waals surface area (Å²) in [6.45, 7) is 3.97. The fraction of sp³-hybridized carbons (Fsp3) is 0.296. The average Bonchev–Trinajstić information content (AvgIpc) is 3.23. The molecule has 3 aromatic carbocycles. The summed E-state index contributed by atoms with van der Waals surface area (Å²) in [6, 6.07) is 27.8. The highest BCUT2D eigenvalue weighted by Gasteiger charge is 2.25. The zero-order valence-corrected chi connectivity index (χ0v) is 18.0.